The third-order valence-electron chi connectivity index (χ3n) is 5.09. The number of hydrogen-bond donors (Lipinski definition) is 1. The maximum atomic E-state index is 12.6. The fourth-order valence-corrected chi connectivity index (χ4v) is 3.32. The normalized spacial score (nSPS) is 11.4. The molecule has 0 aliphatic rings. The molecule has 0 radical (unpaired) electrons. The predicted molar refractivity (Wildman–Crippen MR) is 115 cm³/mol. The van der Waals surface area contributed by atoms with E-state index in [-0.39, 0.29) is 5.91 Å². The Morgan fingerprint density at radius 2 is 1.89 bits per heavy atom. The largest absolute Gasteiger partial charge is 0.356 e. The minimum absolute atomic E-state index is 0.0335. The number of fused-ring (bicyclic) bond motifs is 1. The zero-order chi connectivity index (χ0) is 20.3. The fourth-order valence-electron chi connectivity index (χ4n) is 3.32. The van der Waals surface area contributed by atoms with Crippen LogP contribution in [0.15, 0.2) is 36.5 Å². The number of imidazole rings is 1. The van der Waals surface area contributed by atoms with Crippen LogP contribution in [0.2, 0.25) is 0 Å². The molecule has 1 amide bonds. The number of nitrogens with one attached hydrogen (secondary N) is 1. The van der Waals surface area contributed by atoms with Crippen molar-refractivity contribution in [3.8, 4) is 11.3 Å². The molecule has 0 spiro atoms. The van der Waals surface area contributed by atoms with E-state index in [0.29, 0.717) is 13.0 Å². The van der Waals surface area contributed by atoms with Gasteiger partial charge in [0.1, 0.15) is 5.65 Å². The number of benzene rings is 1. The van der Waals surface area contributed by atoms with E-state index in [9.17, 15) is 4.79 Å². The lowest BCUT2D eigenvalue weighted by atomic mass is 10.0. The summed E-state index contributed by atoms with van der Waals surface area (Å²) in [7, 11) is 4.08. The summed E-state index contributed by atoms with van der Waals surface area (Å²) in [6.07, 6.45) is 3.26. The number of rotatable bonds is 7. The summed E-state index contributed by atoms with van der Waals surface area (Å²) in [5.41, 5.74) is 7.39. The van der Waals surface area contributed by atoms with Crippen molar-refractivity contribution >= 4 is 11.6 Å². The van der Waals surface area contributed by atoms with E-state index >= 15 is 0 Å². The van der Waals surface area contributed by atoms with Crippen LogP contribution in [0.1, 0.15) is 28.8 Å². The van der Waals surface area contributed by atoms with Gasteiger partial charge in [-0.05, 0) is 82.7 Å². The lowest BCUT2D eigenvalue weighted by molar-refractivity contribution is -0.120. The highest BCUT2D eigenvalue weighted by molar-refractivity contribution is 5.81. The SMILES string of the molecule is Cc1ccn2c(CC(=O)NCCCN(C)C)c(-c3ccc(C)c(C)c3)nc2c1. The van der Waals surface area contributed by atoms with Gasteiger partial charge in [0.25, 0.3) is 0 Å². The average Bonchev–Trinajstić information content (AvgIpc) is 2.98. The maximum Gasteiger partial charge on any atom is 0.226 e. The number of aryl methyl sites for hydroxylation is 3. The van der Waals surface area contributed by atoms with Crippen LogP contribution < -0.4 is 5.32 Å². The molecule has 1 N–H and O–H groups in total. The van der Waals surface area contributed by atoms with Crippen LogP contribution >= 0.6 is 0 Å². The van der Waals surface area contributed by atoms with Crippen LogP contribution in [-0.4, -0.2) is 47.4 Å². The van der Waals surface area contributed by atoms with E-state index in [1.807, 2.05) is 24.7 Å². The summed E-state index contributed by atoms with van der Waals surface area (Å²) < 4.78 is 2.04. The van der Waals surface area contributed by atoms with Gasteiger partial charge in [-0.15, -0.1) is 0 Å². The third-order valence-corrected chi connectivity index (χ3v) is 5.09. The summed E-state index contributed by atoms with van der Waals surface area (Å²) in [5.74, 6) is 0.0335. The Labute approximate surface area is 167 Å². The molecular formula is C23H30N4O. The van der Waals surface area contributed by atoms with Gasteiger partial charge in [-0.25, -0.2) is 4.98 Å². The van der Waals surface area contributed by atoms with Gasteiger partial charge in [0.05, 0.1) is 17.8 Å². The van der Waals surface area contributed by atoms with Crippen molar-refractivity contribution in [2.75, 3.05) is 27.2 Å². The van der Waals surface area contributed by atoms with E-state index in [1.54, 1.807) is 0 Å². The van der Waals surface area contributed by atoms with Crippen molar-refractivity contribution in [2.45, 2.75) is 33.6 Å². The van der Waals surface area contributed by atoms with Crippen LogP contribution in [0.4, 0.5) is 0 Å². The number of carbonyl (C=O) groups excluding carboxylic acids is 1. The van der Waals surface area contributed by atoms with Crippen molar-refractivity contribution in [3.05, 3.63) is 58.9 Å². The predicted octanol–water partition coefficient (Wildman–Crippen LogP) is 3.54. The third kappa shape index (κ3) is 4.60. The minimum Gasteiger partial charge on any atom is -0.356 e. The van der Waals surface area contributed by atoms with Crippen molar-refractivity contribution in [1.82, 2.24) is 19.6 Å². The molecule has 28 heavy (non-hydrogen) atoms. The Balaban J connectivity index is 1.90. The topological polar surface area (TPSA) is 49.6 Å². The number of carbonyl (C=O) groups is 1. The molecular weight excluding hydrogens is 348 g/mol. The quantitative estimate of drug-likeness (QED) is 0.640. The number of nitrogens with zero attached hydrogens (tertiary/aromatic N) is 3. The number of aromatic nitrogens is 2. The number of pyridine rings is 1. The van der Waals surface area contributed by atoms with Gasteiger partial charge in [0.15, 0.2) is 0 Å². The molecule has 0 bridgehead atoms. The smallest absolute Gasteiger partial charge is 0.226 e. The molecule has 0 fully saturated rings. The highest BCUT2D eigenvalue weighted by atomic mass is 16.1. The molecule has 0 atom stereocenters. The Morgan fingerprint density at radius 3 is 2.61 bits per heavy atom. The van der Waals surface area contributed by atoms with Crippen LogP contribution in [0, 0.1) is 20.8 Å². The standard InChI is InChI=1S/C23H30N4O/c1-16-9-12-27-20(15-22(28)24-10-6-11-26(4)5)23(25-21(27)13-16)19-8-7-17(2)18(3)14-19/h7-9,12-14H,6,10-11,15H2,1-5H3,(H,24,28). The molecule has 0 aliphatic carbocycles. The van der Waals surface area contributed by atoms with Crippen LogP contribution in [0.5, 0.6) is 0 Å². The lowest BCUT2D eigenvalue weighted by Gasteiger charge is -2.11. The Morgan fingerprint density at radius 1 is 1.11 bits per heavy atom. The second-order valence-corrected chi connectivity index (χ2v) is 7.82. The van der Waals surface area contributed by atoms with Crippen molar-refractivity contribution in [3.63, 3.8) is 0 Å². The number of hydrogen-bond acceptors (Lipinski definition) is 3. The summed E-state index contributed by atoms with van der Waals surface area (Å²) >= 11 is 0. The van der Waals surface area contributed by atoms with Gasteiger partial charge >= 0.3 is 0 Å². The summed E-state index contributed by atoms with van der Waals surface area (Å²) in [6, 6.07) is 10.5. The van der Waals surface area contributed by atoms with E-state index < -0.39 is 0 Å². The lowest BCUT2D eigenvalue weighted by Crippen LogP contribution is -2.28. The van der Waals surface area contributed by atoms with Gasteiger partial charge in [0.2, 0.25) is 5.91 Å². The molecule has 2 aromatic heterocycles. The second kappa shape index (κ2) is 8.57. The van der Waals surface area contributed by atoms with Crippen LogP contribution in [-0.2, 0) is 11.2 Å². The summed E-state index contributed by atoms with van der Waals surface area (Å²) in [5, 5.41) is 3.04. The summed E-state index contributed by atoms with van der Waals surface area (Å²) in [6.45, 7) is 7.92. The van der Waals surface area contributed by atoms with E-state index in [0.717, 1.165) is 41.1 Å². The van der Waals surface area contributed by atoms with Crippen LogP contribution in [0.25, 0.3) is 16.9 Å². The van der Waals surface area contributed by atoms with E-state index in [1.165, 1.54) is 11.1 Å². The highest BCUT2D eigenvalue weighted by Crippen LogP contribution is 2.27. The number of amides is 1. The van der Waals surface area contributed by atoms with Gasteiger partial charge in [-0.2, -0.15) is 0 Å². The first-order valence-corrected chi connectivity index (χ1v) is 9.82. The molecule has 0 aliphatic heterocycles. The zero-order valence-corrected chi connectivity index (χ0v) is 17.5. The van der Waals surface area contributed by atoms with Gasteiger partial charge in [-0.3, -0.25) is 4.79 Å². The minimum atomic E-state index is 0.0335. The second-order valence-electron chi connectivity index (χ2n) is 7.82. The molecule has 0 saturated carbocycles. The summed E-state index contributed by atoms with van der Waals surface area (Å²) in [4.78, 5) is 19.6. The van der Waals surface area contributed by atoms with Crippen LogP contribution in [0.3, 0.4) is 0 Å². The van der Waals surface area contributed by atoms with Crippen molar-refractivity contribution < 1.29 is 4.79 Å². The van der Waals surface area contributed by atoms with Gasteiger partial charge in [-0.1, -0.05) is 12.1 Å². The monoisotopic (exact) mass is 378 g/mol. The Hall–Kier alpha value is -2.66. The molecule has 148 valence electrons. The van der Waals surface area contributed by atoms with Gasteiger partial charge < -0.3 is 14.6 Å². The molecule has 2 heterocycles. The van der Waals surface area contributed by atoms with E-state index in [4.69, 9.17) is 4.98 Å². The first-order chi connectivity index (χ1) is 13.3. The van der Waals surface area contributed by atoms with E-state index in [2.05, 4.69) is 61.3 Å². The molecule has 5 nitrogen and oxygen atoms in total. The molecule has 0 unspecified atom stereocenters. The fraction of sp³-hybridized carbons (Fsp3) is 0.391. The molecule has 3 rings (SSSR count). The first-order valence-electron chi connectivity index (χ1n) is 9.82. The molecule has 3 aromatic rings. The van der Waals surface area contributed by atoms with Gasteiger partial charge in [0, 0.05) is 18.3 Å². The highest BCUT2D eigenvalue weighted by Gasteiger charge is 2.17. The van der Waals surface area contributed by atoms with Crippen molar-refractivity contribution in [2.24, 2.45) is 0 Å². The first kappa shape index (κ1) is 20.1. The van der Waals surface area contributed by atoms with Crippen molar-refractivity contribution in [1.29, 1.82) is 0 Å². The molecule has 1 aromatic carbocycles. The maximum absolute atomic E-state index is 12.6. The Bertz CT molecular complexity index is 988. The molecule has 0 saturated heterocycles. The Kier molecular flexibility index (Phi) is 6.15. The molecule has 5 heteroatoms. The zero-order valence-electron chi connectivity index (χ0n) is 17.5. The average molecular weight is 379 g/mol.